The Labute approximate surface area is 167 Å². The zero-order chi connectivity index (χ0) is 16.1. The zero-order valence-electron chi connectivity index (χ0n) is 14.9. The van der Waals surface area contributed by atoms with E-state index >= 15 is 0 Å². The largest absolute Gasteiger partial charge is 0.357 e. The maximum Gasteiger partial charge on any atom is 0.191 e. The number of hydrogen-bond acceptors (Lipinski definition) is 3. The zero-order valence-corrected chi connectivity index (χ0v) is 18.0. The lowest BCUT2D eigenvalue weighted by Gasteiger charge is -2.22. The first-order valence-corrected chi connectivity index (χ1v) is 10.0. The number of rotatable bonds is 6. The first-order valence-electron chi connectivity index (χ1n) is 9.22. The van der Waals surface area contributed by atoms with Crippen molar-refractivity contribution in [2.45, 2.75) is 64.8 Å². The standard InChI is InChI=1S/C18H30N4S.HI/c1-3-19-18(20-10-9-17-21-12-13(2)23-17)22-16-11-15(16)14-7-5-4-6-8-14;/h12,14-16H,3-11H2,1-2H3,(H2,19,20,22);1H. The van der Waals surface area contributed by atoms with Crippen molar-refractivity contribution in [3.05, 3.63) is 16.1 Å². The predicted octanol–water partition coefficient (Wildman–Crippen LogP) is 4.14. The highest BCUT2D eigenvalue weighted by Crippen LogP contribution is 2.44. The number of hydrogen-bond donors (Lipinski definition) is 2. The summed E-state index contributed by atoms with van der Waals surface area (Å²) in [5, 5.41) is 8.23. The summed E-state index contributed by atoms with van der Waals surface area (Å²) in [5.41, 5.74) is 0. The van der Waals surface area contributed by atoms with Crippen LogP contribution in [0.15, 0.2) is 11.2 Å². The summed E-state index contributed by atoms with van der Waals surface area (Å²) in [6, 6.07) is 0.651. The lowest BCUT2D eigenvalue weighted by atomic mass is 9.85. The number of thiazole rings is 1. The summed E-state index contributed by atoms with van der Waals surface area (Å²) in [6.07, 6.45) is 11.4. The lowest BCUT2D eigenvalue weighted by molar-refractivity contribution is 0.315. The minimum absolute atomic E-state index is 0. The number of aryl methyl sites for hydroxylation is 1. The Hall–Kier alpha value is -0.370. The third kappa shape index (κ3) is 5.86. The fourth-order valence-electron chi connectivity index (χ4n) is 3.74. The van der Waals surface area contributed by atoms with Gasteiger partial charge in [0.15, 0.2) is 5.96 Å². The molecule has 0 radical (unpaired) electrons. The van der Waals surface area contributed by atoms with Gasteiger partial charge >= 0.3 is 0 Å². The number of nitrogens with zero attached hydrogens (tertiary/aromatic N) is 2. The number of aliphatic imine (C=N–C) groups is 1. The van der Waals surface area contributed by atoms with Crippen LogP contribution in [0, 0.1) is 18.8 Å². The second kappa shape index (κ2) is 9.94. The molecule has 0 amide bonds. The quantitative estimate of drug-likeness (QED) is 0.380. The molecule has 136 valence electrons. The molecule has 2 N–H and O–H groups in total. The number of aromatic nitrogens is 1. The van der Waals surface area contributed by atoms with Gasteiger partial charge in [-0.1, -0.05) is 32.1 Å². The van der Waals surface area contributed by atoms with Crippen LogP contribution < -0.4 is 10.6 Å². The van der Waals surface area contributed by atoms with Crippen LogP contribution in [0.1, 0.15) is 55.3 Å². The minimum Gasteiger partial charge on any atom is -0.357 e. The number of halogens is 1. The first kappa shape index (κ1) is 19.9. The van der Waals surface area contributed by atoms with Gasteiger partial charge in [0.1, 0.15) is 0 Å². The molecule has 1 aromatic rings. The van der Waals surface area contributed by atoms with E-state index in [4.69, 9.17) is 4.99 Å². The van der Waals surface area contributed by atoms with Gasteiger partial charge in [0.25, 0.3) is 0 Å². The molecule has 6 heteroatoms. The Morgan fingerprint density at radius 1 is 1.33 bits per heavy atom. The van der Waals surface area contributed by atoms with Crippen molar-refractivity contribution >= 4 is 41.3 Å². The van der Waals surface area contributed by atoms with E-state index in [0.29, 0.717) is 6.04 Å². The molecular weight excluding hydrogens is 431 g/mol. The summed E-state index contributed by atoms with van der Waals surface area (Å²) in [4.78, 5) is 10.4. The monoisotopic (exact) mass is 462 g/mol. The highest BCUT2D eigenvalue weighted by atomic mass is 127. The van der Waals surface area contributed by atoms with Gasteiger partial charge in [0.05, 0.1) is 5.01 Å². The van der Waals surface area contributed by atoms with E-state index in [1.165, 1.54) is 48.4 Å². The average Bonchev–Trinajstić information content (AvgIpc) is 3.21. The summed E-state index contributed by atoms with van der Waals surface area (Å²) >= 11 is 1.78. The maximum absolute atomic E-state index is 4.74. The van der Waals surface area contributed by atoms with Crippen LogP contribution in [0.3, 0.4) is 0 Å². The number of nitrogens with one attached hydrogen (secondary N) is 2. The molecule has 1 aromatic heterocycles. The van der Waals surface area contributed by atoms with Crippen molar-refractivity contribution < 1.29 is 0 Å². The van der Waals surface area contributed by atoms with Gasteiger partial charge in [-0.25, -0.2) is 4.98 Å². The summed E-state index contributed by atoms with van der Waals surface area (Å²) in [7, 11) is 0. The highest BCUT2D eigenvalue weighted by Gasteiger charge is 2.43. The first-order chi connectivity index (χ1) is 11.3. The Morgan fingerprint density at radius 3 is 2.79 bits per heavy atom. The van der Waals surface area contributed by atoms with E-state index in [1.54, 1.807) is 11.3 Å². The second-order valence-electron chi connectivity index (χ2n) is 6.92. The van der Waals surface area contributed by atoms with Crippen LogP contribution in [-0.4, -0.2) is 30.1 Å². The molecule has 2 aliphatic rings. The highest BCUT2D eigenvalue weighted by molar-refractivity contribution is 14.0. The Balaban J connectivity index is 0.00000208. The van der Waals surface area contributed by atoms with Gasteiger partial charge in [0, 0.05) is 36.6 Å². The van der Waals surface area contributed by atoms with Crippen LogP contribution in [0.25, 0.3) is 0 Å². The molecule has 3 rings (SSSR count). The Kier molecular flexibility index (Phi) is 8.27. The van der Waals surface area contributed by atoms with E-state index in [2.05, 4.69) is 29.5 Å². The van der Waals surface area contributed by atoms with E-state index in [-0.39, 0.29) is 24.0 Å². The smallest absolute Gasteiger partial charge is 0.191 e. The molecule has 0 saturated heterocycles. The topological polar surface area (TPSA) is 49.3 Å². The second-order valence-corrected chi connectivity index (χ2v) is 8.24. The van der Waals surface area contributed by atoms with Gasteiger partial charge in [-0.2, -0.15) is 0 Å². The van der Waals surface area contributed by atoms with Crippen LogP contribution in [-0.2, 0) is 6.42 Å². The molecular formula is C18H31IN4S. The average molecular weight is 462 g/mol. The Bertz CT molecular complexity index is 525. The summed E-state index contributed by atoms with van der Waals surface area (Å²) < 4.78 is 0. The van der Waals surface area contributed by atoms with E-state index < -0.39 is 0 Å². The van der Waals surface area contributed by atoms with Gasteiger partial charge in [-0.3, -0.25) is 4.99 Å². The summed E-state index contributed by atoms with van der Waals surface area (Å²) in [5.74, 6) is 2.84. The molecule has 4 nitrogen and oxygen atoms in total. The lowest BCUT2D eigenvalue weighted by Crippen LogP contribution is -2.39. The van der Waals surface area contributed by atoms with Crippen LogP contribution in [0.5, 0.6) is 0 Å². The third-order valence-electron chi connectivity index (χ3n) is 5.03. The van der Waals surface area contributed by atoms with Crippen molar-refractivity contribution in [1.29, 1.82) is 0 Å². The molecule has 2 atom stereocenters. The van der Waals surface area contributed by atoms with E-state index in [9.17, 15) is 0 Å². The van der Waals surface area contributed by atoms with Crippen LogP contribution >= 0.6 is 35.3 Å². The third-order valence-corrected chi connectivity index (χ3v) is 6.00. The van der Waals surface area contributed by atoms with Crippen LogP contribution in [0.2, 0.25) is 0 Å². The SMILES string of the molecule is CCNC(=NCCc1ncc(C)s1)NC1CC1C1CCCCC1.I. The van der Waals surface area contributed by atoms with Crippen molar-refractivity contribution in [2.75, 3.05) is 13.1 Å². The van der Waals surface area contributed by atoms with Crippen molar-refractivity contribution in [2.24, 2.45) is 16.8 Å². The summed E-state index contributed by atoms with van der Waals surface area (Å²) in [6.45, 7) is 5.97. The molecule has 2 fully saturated rings. The molecule has 0 aromatic carbocycles. The molecule has 2 aliphatic carbocycles. The number of guanidine groups is 1. The fourth-order valence-corrected chi connectivity index (χ4v) is 4.52. The van der Waals surface area contributed by atoms with E-state index in [0.717, 1.165) is 37.3 Å². The molecule has 2 unspecified atom stereocenters. The van der Waals surface area contributed by atoms with Crippen LogP contribution in [0.4, 0.5) is 0 Å². The van der Waals surface area contributed by atoms with Gasteiger partial charge in [0.2, 0.25) is 0 Å². The predicted molar refractivity (Wildman–Crippen MR) is 114 cm³/mol. The minimum atomic E-state index is 0. The van der Waals surface area contributed by atoms with Gasteiger partial charge in [-0.15, -0.1) is 35.3 Å². The van der Waals surface area contributed by atoms with Crippen molar-refractivity contribution in [3.63, 3.8) is 0 Å². The molecule has 2 saturated carbocycles. The molecule has 24 heavy (non-hydrogen) atoms. The Morgan fingerprint density at radius 2 is 2.12 bits per heavy atom. The molecule has 0 spiro atoms. The maximum atomic E-state index is 4.74. The van der Waals surface area contributed by atoms with Gasteiger partial charge in [-0.05, 0) is 32.1 Å². The normalized spacial score (nSPS) is 24.3. The molecule has 1 heterocycles. The molecule has 0 aliphatic heterocycles. The fraction of sp³-hybridized carbons (Fsp3) is 0.778. The molecule has 0 bridgehead atoms. The van der Waals surface area contributed by atoms with Crippen molar-refractivity contribution in [3.8, 4) is 0 Å². The van der Waals surface area contributed by atoms with Gasteiger partial charge < -0.3 is 10.6 Å². The van der Waals surface area contributed by atoms with E-state index in [1.807, 2.05) is 6.20 Å². The van der Waals surface area contributed by atoms with Crippen molar-refractivity contribution in [1.82, 2.24) is 15.6 Å².